The quantitative estimate of drug-likeness (QED) is 0.846. The Kier molecular flexibility index (Phi) is 4.84. The highest BCUT2D eigenvalue weighted by Crippen LogP contribution is 2.27. The van der Waals surface area contributed by atoms with Crippen molar-refractivity contribution in [3.05, 3.63) is 47.0 Å². The van der Waals surface area contributed by atoms with E-state index in [2.05, 4.69) is 14.8 Å². The van der Waals surface area contributed by atoms with Crippen LogP contribution in [-0.2, 0) is 11.3 Å². The molecule has 1 heterocycles. The van der Waals surface area contributed by atoms with Crippen molar-refractivity contribution in [2.45, 2.75) is 25.7 Å². The number of alkyl halides is 3. The Morgan fingerprint density at radius 1 is 1.38 bits per heavy atom. The topological polar surface area (TPSA) is 39.9 Å². The summed E-state index contributed by atoms with van der Waals surface area (Å²) < 4.78 is 42.3. The van der Waals surface area contributed by atoms with E-state index in [0.29, 0.717) is 5.02 Å². The molecular formula is C13H13ClF3N3O. The molecule has 0 aliphatic carbocycles. The molecule has 4 nitrogen and oxygen atoms in total. The van der Waals surface area contributed by atoms with E-state index in [9.17, 15) is 13.2 Å². The number of ether oxygens (including phenoxy) is 1. The molecule has 0 N–H and O–H groups in total. The third kappa shape index (κ3) is 4.71. The normalized spacial score (nSPS) is 13.4. The summed E-state index contributed by atoms with van der Waals surface area (Å²) in [5.74, 6) is -0.509. The van der Waals surface area contributed by atoms with Crippen molar-refractivity contribution in [1.82, 2.24) is 14.8 Å². The molecule has 1 unspecified atom stereocenters. The van der Waals surface area contributed by atoms with Crippen LogP contribution in [0, 0.1) is 6.92 Å². The van der Waals surface area contributed by atoms with Crippen LogP contribution in [0.2, 0.25) is 5.02 Å². The van der Waals surface area contributed by atoms with E-state index in [-0.39, 0.29) is 6.54 Å². The van der Waals surface area contributed by atoms with E-state index in [1.807, 2.05) is 0 Å². The molecule has 1 aromatic carbocycles. The van der Waals surface area contributed by atoms with Gasteiger partial charge in [0.2, 0.25) is 0 Å². The van der Waals surface area contributed by atoms with Gasteiger partial charge in [-0.3, -0.25) is 9.42 Å². The SMILES string of the molecule is Cc1cc(Cl)ccc1C(COC(F)(F)F)Cn1cncn1. The number of aromatic nitrogens is 3. The average molecular weight is 320 g/mol. The highest BCUT2D eigenvalue weighted by molar-refractivity contribution is 6.30. The summed E-state index contributed by atoms with van der Waals surface area (Å²) in [6.07, 6.45) is -1.89. The minimum atomic E-state index is -4.67. The first-order chi connectivity index (χ1) is 9.85. The number of rotatable bonds is 5. The minimum Gasteiger partial charge on any atom is -0.291 e. The predicted octanol–water partition coefficient (Wildman–Crippen LogP) is 3.56. The lowest BCUT2D eigenvalue weighted by Gasteiger charge is -2.20. The first-order valence-corrected chi connectivity index (χ1v) is 6.52. The summed E-state index contributed by atoms with van der Waals surface area (Å²) in [5.41, 5.74) is 1.54. The Labute approximate surface area is 124 Å². The second-order valence-corrected chi connectivity index (χ2v) is 5.01. The third-order valence-corrected chi connectivity index (χ3v) is 3.23. The Morgan fingerprint density at radius 3 is 2.71 bits per heavy atom. The van der Waals surface area contributed by atoms with Gasteiger partial charge in [-0.15, -0.1) is 13.2 Å². The summed E-state index contributed by atoms with van der Waals surface area (Å²) in [7, 11) is 0. The van der Waals surface area contributed by atoms with Gasteiger partial charge in [-0.25, -0.2) is 4.98 Å². The molecule has 0 aliphatic heterocycles. The van der Waals surface area contributed by atoms with Gasteiger partial charge in [0.15, 0.2) is 0 Å². The molecule has 0 amide bonds. The molecule has 2 rings (SSSR count). The highest BCUT2D eigenvalue weighted by Gasteiger charge is 2.31. The van der Waals surface area contributed by atoms with Crippen molar-refractivity contribution in [3.63, 3.8) is 0 Å². The lowest BCUT2D eigenvalue weighted by Crippen LogP contribution is -2.22. The van der Waals surface area contributed by atoms with E-state index in [1.54, 1.807) is 25.1 Å². The second kappa shape index (κ2) is 6.44. The fourth-order valence-corrected chi connectivity index (χ4v) is 2.31. The number of aryl methyl sites for hydroxylation is 1. The molecular weight excluding hydrogens is 307 g/mol. The van der Waals surface area contributed by atoms with Crippen molar-refractivity contribution < 1.29 is 17.9 Å². The Bertz CT molecular complexity index is 587. The van der Waals surface area contributed by atoms with Crippen LogP contribution < -0.4 is 0 Å². The molecule has 0 saturated heterocycles. The number of benzene rings is 1. The maximum Gasteiger partial charge on any atom is 0.522 e. The molecule has 0 bridgehead atoms. The number of nitrogens with zero attached hydrogens (tertiary/aromatic N) is 3. The smallest absolute Gasteiger partial charge is 0.291 e. The standard InChI is InChI=1S/C13H13ClF3N3O/c1-9-4-11(14)2-3-12(9)10(6-21-13(15,16)17)5-20-8-18-7-19-20/h2-4,7-8,10H,5-6H2,1H3. The van der Waals surface area contributed by atoms with Crippen LogP contribution >= 0.6 is 11.6 Å². The van der Waals surface area contributed by atoms with Crippen molar-refractivity contribution in [3.8, 4) is 0 Å². The van der Waals surface area contributed by atoms with Crippen LogP contribution in [0.25, 0.3) is 0 Å². The van der Waals surface area contributed by atoms with Gasteiger partial charge in [0.1, 0.15) is 12.7 Å². The van der Waals surface area contributed by atoms with E-state index in [0.717, 1.165) is 11.1 Å². The second-order valence-electron chi connectivity index (χ2n) is 4.57. The first-order valence-electron chi connectivity index (χ1n) is 6.14. The zero-order valence-electron chi connectivity index (χ0n) is 11.1. The van der Waals surface area contributed by atoms with E-state index in [1.165, 1.54) is 17.3 Å². The Hall–Kier alpha value is -1.60. The molecule has 2 aromatic rings. The number of halogens is 4. The van der Waals surface area contributed by atoms with Gasteiger partial charge in [-0.2, -0.15) is 5.10 Å². The lowest BCUT2D eigenvalue weighted by molar-refractivity contribution is -0.326. The third-order valence-electron chi connectivity index (χ3n) is 2.99. The molecule has 0 radical (unpaired) electrons. The highest BCUT2D eigenvalue weighted by atomic mass is 35.5. The molecule has 0 aliphatic rings. The molecule has 0 saturated carbocycles. The minimum absolute atomic E-state index is 0.235. The molecule has 114 valence electrons. The molecule has 8 heteroatoms. The largest absolute Gasteiger partial charge is 0.522 e. The first kappa shape index (κ1) is 15.8. The van der Waals surface area contributed by atoms with Crippen molar-refractivity contribution in [1.29, 1.82) is 0 Å². The van der Waals surface area contributed by atoms with Crippen LogP contribution in [0.5, 0.6) is 0 Å². The van der Waals surface area contributed by atoms with Crippen molar-refractivity contribution in [2.24, 2.45) is 0 Å². The van der Waals surface area contributed by atoms with Gasteiger partial charge >= 0.3 is 6.36 Å². The summed E-state index contributed by atoms with van der Waals surface area (Å²) in [5, 5.41) is 4.45. The van der Waals surface area contributed by atoms with Crippen LogP contribution in [-0.4, -0.2) is 27.7 Å². The van der Waals surface area contributed by atoms with Gasteiger partial charge in [0.25, 0.3) is 0 Å². The summed E-state index contributed by atoms with van der Waals surface area (Å²) in [4.78, 5) is 3.78. The zero-order valence-corrected chi connectivity index (χ0v) is 11.9. The van der Waals surface area contributed by atoms with Gasteiger partial charge in [-0.05, 0) is 30.2 Å². The van der Waals surface area contributed by atoms with E-state index in [4.69, 9.17) is 11.6 Å². The summed E-state index contributed by atoms with van der Waals surface area (Å²) in [6.45, 7) is 1.54. The van der Waals surface area contributed by atoms with Crippen LogP contribution in [0.4, 0.5) is 13.2 Å². The van der Waals surface area contributed by atoms with Crippen LogP contribution in [0.3, 0.4) is 0 Å². The summed E-state index contributed by atoms with van der Waals surface area (Å²) in [6, 6.07) is 5.06. The molecule has 0 spiro atoms. The fourth-order valence-electron chi connectivity index (χ4n) is 2.09. The van der Waals surface area contributed by atoms with Gasteiger partial charge in [0, 0.05) is 10.9 Å². The van der Waals surface area contributed by atoms with E-state index >= 15 is 0 Å². The van der Waals surface area contributed by atoms with Gasteiger partial charge in [0.05, 0.1) is 13.2 Å². The monoisotopic (exact) mass is 319 g/mol. The predicted molar refractivity (Wildman–Crippen MR) is 71.0 cm³/mol. The van der Waals surface area contributed by atoms with Crippen LogP contribution in [0.15, 0.2) is 30.9 Å². The maximum atomic E-state index is 12.3. The van der Waals surface area contributed by atoms with Gasteiger partial charge in [-0.1, -0.05) is 17.7 Å². The molecule has 1 aromatic heterocycles. The van der Waals surface area contributed by atoms with Crippen LogP contribution in [0.1, 0.15) is 17.0 Å². The molecule has 21 heavy (non-hydrogen) atoms. The van der Waals surface area contributed by atoms with E-state index < -0.39 is 18.9 Å². The Balaban J connectivity index is 2.21. The average Bonchev–Trinajstić information content (AvgIpc) is 2.87. The number of hydrogen-bond donors (Lipinski definition) is 0. The Morgan fingerprint density at radius 2 is 2.14 bits per heavy atom. The fraction of sp³-hybridized carbons (Fsp3) is 0.385. The molecule has 1 atom stereocenters. The van der Waals surface area contributed by atoms with Gasteiger partial charge < -0.3 is 0 Å². The molecule has 0 fully saturated rings. The maximum absolute atomic E-state index is 12.3. The van der Waals surface area contributed by atoms with Crippen molar-refractivity contribution >= 4 is 11.6 Å². The zero-order chi connectivity index (χ0) is 15.5. The van der Waals surface area contributed by atoms with Crippen molar-refractivity contribution in [2.75, 3.05) is 6.61 Å². The summed E-state index contributed by atoms with van der Waals surface area (Å²) >= 11 is 5.88. The lowest BCUT2D eigenvalue weighted by atomic mass is 9.95. The number of hydrogen-bond acceptors (Lipinski definition) is 3.